The molecule has 0 spiro atoms. The van der Waals surface area contributed by atoms with Crippen molar-refractivity contribution in [1.29, 1.82) is 0 Å². The monoisotopic (exact) mass is 186 g/mol. The molecule has 0 aromatic rings. The van der Waals surface area contributed by atoms with Gasteiger partial charge in [-0.3, -0.25) is 4.79 Å². The Balaban J connectivity index is 2.46. The van der Waals surface area contributed by atoms with E-state index in [1.165, 1.54) is 0 Å². The fourth-order valence-electron chi connectivity index (χ4n) is 1.62. The number of amides is 1. The van der Waals surface area contributed by atoms with Crippen molar-refractivity contribution in [2.45, 2.75) is 31.9 Å². The Morgan fingerprint density at radius 3 is 2.92 bits per heavy atom. The van der Waals surface area contributed by atoms with Crippen LogP contribution < -0.4 is 5.73 Å². The number of carbonyl (C=O) groups is 1. The number of carbonyl (C=O) groups excluding carboxylic acids is 1. The maximum absolute atomic E-state index is 11.5. The molecular weight excluding hydrogens is 168 g/mol. The van der Waals surface area contributed by atoms with E-state index in [-0.39, 0.29) is 12.0 Å². The fourth-order valence-corrected chi connectivity index (χ4v) is 1.62. The lowest BCUT2D eigenvalue weighted by atomic mass is 10.1. The van der Waals surface area contributed by atoms with E-state index in [1.54, 1.807) is 18.9 Å². The number of methoxy groups -OCH3 is 1. The quantitative estimate of drug-likeness (QED) is 0.659. The minimum absolute atomic E-state index is 0.0294. The largest absolute Gasteiger partial charge is 0.380 e. The van der Waals surface area contributed by atoms with Crippen LogP contribution in [0.1, 0.15) is 19.8 Å². The summed E-state index contributed by atoms with van der Waals surface area (Å²) in [4.78, 5) is 13.3. The number of nitrogens with two attached hydrogens (primary N) is 1. The third-order valence-corrected chi connectivity index (χ3v) is 2.41. The number of piperidine rings is 1. The maximum Gasteiger partial charge on any atom is 0.239 e. The number of hydrogen-bond donors (Lipinski definition) is 1. The highest BCUT2D eigenvalue weighted by Gasteiger charge is 2.24. The minimum Gasteiger partial charge on any atom is -0.380 e. The van der Waals surface area contributed by atoms with E-state index >= 15 is 0 Å². The van der Waals surface area contributed by atoms with Crippen molar-refractivity contribution < 1.29 is 9.53 Å². The number of likely N-dealkylation sites (tertiary alicyclic amines) is 1. The van der Waals surface area contributed by atoms with Gasteiger partial charge in [-0.25, -0.2) is 0 Å². The van der Waals surface area contributed by atoms with Crippen LogP contribution in [-0.4, -0.2) is 43.2 Å². The highest BCUT2D eigenvalue weighted by molar-refractivity contribution is 5.81. The smallest absolute Gasteiger partial charge is 0.239 e. The average molecular weight is 186 g/mol. The van der Waals surface area contributed by atoms with Crippen LogP contribution in [0.25, 0.3) is 0 Å². The number of ether oxygens (including phenoxy) is 1. The summed E-state index contributed by atoms with van der Waals surface area (Å²) in [6.45, 7) is 3.23. The van der Waals surface area contributed by atoms with Crippen molar-refractivity contribution in [3.63, 3.8) is 0 Å². The predicted octanol–water partition coefficient (Wildman–Crippen LogP) is -0.0290. The van der Waals surface area contributed by atoms with Crippen LogP contribution >= 0.6 is 0 Å². The standard InChI is InChI=1S/C9H18N2O2/c1-7(10)9(12)11-5-3-4-8(6-11)13-2/h7-8H,3-6,10H2,1-2H3/t7-,8+/m1/s1. The molecule has 4 nitrogen and oxygen atoms in total. The first-order valence-corrected chi connectivity index (χ1v) is 4.72. The Labute approximate surface area is 79.0 Å². The van der Waals surface area contributed by atoms with Gasteiger partial charge in [0.2, 0.25) is 5.91 Å². The molecule has 2 N–H and O–H groups in total. The normalized spacial score (nSPS) is 25.8. The van der Waals surface area contributed by atoms with Crippen LogP contribution in [0, 0.1) is 0 Å². The third-order valence-electron chi connectivity index (χ3n) is 2.41. The summed E-state index contributed by atoms with van der Waals surface area (Å²) in [5, 5.41) is 0. The number of hydrogen-bond acceptors (Lipinski definition) is 3. The molecule has 0 aromatic heterocycles. The summed E-state index contributed by atoms with van der Waals surface area (Å²) in [6.07, 6.45) is 2.24. The predicted molar refractivity (Wildman–Crippen MR) is 50.3 cm³/mol. The molecule has 1 aliphatic rings. The molecule has 0 saturated carbocycles. The molecule has 1 fully saturated rings. The molecule has 76 valence electrons. The molecule has 2 atom stereocenters. The second kappa shape index (κ2) is 4.58. The Morgan fingerprint density at radius 2 is 2.38 bits per heavy atom. The zero-order valence-corrected chi connectivity index (χ0v) is 8.32. The summed E-state index contributed by atoms with van der Waals surface area (Å²) >= 11 is 0. The van der Waals surface area contributed by atoms with Crippen molar-refractivity contribution in [3.05, 3.63) is 0 Å². The Morgan fingerprint density at radius 1 is 1.69 bits per heavy atom. The fraction of sp³-hybridized carbons (Fsp3) is 0.889. The first-order valence-electron chi connectivity index (χ1n) is 4.72. The van der Waals surface area contributed by atoms with E-state index in [1.807, 2.05) is 0 Å². The number of rotatable bonds is 2. The second-order valence-electron chi connectivity index (χ2n) is 3.57. The zero-order valence-electron chi connectivity index (χ0n) is 8.32. The van der Waals surface area contributed by atoms with Gasteiger partial charge in [0.05, 0.1) is 12.1 Å². The van der Waals surface area contributed by atoms with Gasteiger partial charge in [-0.1, -0.05) is 0 Å². The molecule has 1 heterocycles. The lowest BCUT2D eigenvalue weighted by molar-refractivity contribution is -0.135. The topological polar surface area (TPSA) is 55.6 Å². The molecule has 4 heteroatoms. The summed E-state index contributed by atoms with van der Waals surface area (Å²) in [5.41, 5.74) is 5.52. The summed E-state index contributed by atoms with van der Waals surface area (Å²) in [6, 6.07) is -0.393. The highest BCUT2D eigenvalue weighted by Crippen LogP contribution is 2.12. The summed E-state index contributed by atoms with van der Waals surface area (Å²) < 4.78 is 5.22. The Bertz CT molecular complexity index is 182. The van der Waals surface area contributed by atoms with E-state index in [0.717, 1.165) is 19.4 Å². The summed E-state index contributed by atoms with van der Waals surface area (Å²) in [5.74, 6) is 0.0294. The van der Waals surface area contributed by atoms with Gasteiger partial charge in [0.15, 0.2) is 0 Å². The summed E-state index contributed by atoms with van der Waals surface area (Å²) in [7, 11) is 1.69. The van der Waals surface area contributed by atoms with Crippen molar-refractivity contribution in [2.24, 2.45) is 5.73 Å². The number of nitrogens with zero attached hydrogens (tertiary/aromatic N) is 1. The molecule has 0 radical (unpaired) electrons. The van der Waals surface area contributed by atoms with E-state index < -0.39 is 6.04 Å². The molecule has 0 bridgehead atoms. The first-order chi connectivity index (χ1) is 6.15. The molecule has 1 rings (SSSR count). The van der Waals surface area contributed by atoms with E-state index in [2.05, 4.69) is 0 Å². The Hall–Kier alpha value is -0.610. The van der Waals surface area contributed by atoms with E-state index in [0.29, 0.717) is 6.54 Å². The van der Waals surface area contributed by atoms with Crippen LogP contribution in [0.15, 0.2) is 0 Å². The highest BCUT2D eigenvalue weighted by atomic mass is 16.5. The van der Waals surface area contributed by atoms with Crippen LogP contribution in [-0.2, 0) is 9.53 Å². The molecular formula is C9H18N2O2. The van der Waals surface area contributed by atoms with Crippen molar-refractivity contribution in [1.82, 2.24) is 4.90 Å². The van der Waals surface area contributed by atoms with Crippen LogP contribution in [0.4, 0.5) is 0 Å². The lowest BCUT2D eigenvalue weighted by Crippen LogP contribution is -2.48. The third kappa shape index (κ3) is 2.67. The molecule has 0 aliphatic carbocycles. The molecule has 0 unspecified atom stereocenters. The van der Waals surface area contributed by atoms with Gasteiger partial charge in [0.25, 0.3) is 0 Å². The Kier molecular flexibility index (Phi) is 3.69. The van der Waals surface area contributed by atoms with Gasteiger partial charge in [-0.15, -0.1) is 0 Å². The molecule has 13 heavy (non-hydrogen) atoms. The van der Waals surface area contributed by atoms with Crippen LogP contribution in [0.3, 0.4) is 0 Å². The van der Waals surface area contributed by atoms with Crippen molar-refractivity contribution >= 4 is 5.91 Å². The molecule has 1 aliphatic heterocycles. The van der Waals surface area contributed by atoms with Gasteiger partial charge >= 0.3 is 0 Å². The van der Waals surface area contributed by atoms with Crippen LogP contribution in [0.2, 0.25) is 0 Å². The molecule has 1 saturated heterocycles. The van der Waals surface area contributed by atoms with Gasteiger partial charge in [-0.2, -0.15) is 0 Å². The zero-order chi connectivity index (χ0) is 9.84. The van der Waals surface area contributed by atoms with Gasteiger partial charge < -0.3 is 15.4 Å². The van der Waals surface area contributed by atoms with Crippen molar-refractivity contribution in [2.75, 3.05) is 20.2 Å². The maximum atomic E-state index is 11.5. The lowest BCUT2D eigenvalue weighted by Gasteiger charge is -2.32. The van der Waals surface area contributed by atoms with E-state index in [9.17, 15) is 4.79 Å². The van der Waals surface area contributed by atoms with Crippen LogP contribution in [0.5, 0.6) is 0 Å². The van der Waals surface area contributed by atoms with Crippen molar-refractivity contribution in [3.8, 4) is 0 Å². The second-order valence-corrected chi connectivity index (χ2v) is 3.57. The average Bonchev–Trinajstić information content (AvgIpc) is 2.16. The first kappa shape index (κ1) is 10.5. The molecule has 1 amide bonds. The van der Waals surface area contributed by atoms with Gasteiger partial charge in [0.1, 0.15) is 0 Å². The SMILES string of the molecule is CO[C@H]1CCCN(C(=O)[C@@H](C)N)C1. The molecule has 0 aromatic carbocycles. The minimum atomic E-state index is -0.393. The van der Waals surface area contributed by atoms with Gasteiger partial charge in [0, 0.05) is 20.2 Å². The van der Waals surface area contributed by atoms with E-state index in [4.69, 9.17) is 10.5 Å². The van der Waals surface area contributed by atoms with Gasteiger partial charge in [-0.05, 0) is 19.8 Å².